The zero-order valence-electron chi connectivity index (χ0n) is 16.9. The van der Waals surface area contributed by atoms with E-state index in [1.165, 1.54) is 0 Å². The van der Waals surface area contributed by atoms with Crippen molar-refractivity contribution in [3.8, 4) is 0 Å². The van der Waals surface area contributed by atoms with Gasteiger partial charge >= 0.3 is 0 Å². The minimum atomic E-state index is 0.262. The number of amides is 1. The van der Waals surface area contributed by atoms with Crippen molar-refractivity contribution < 1.29 is 9.90 Å². The number of aliphatic hydroxyl groups is 1. The Morgan fingerprint density at radius 2 is 2.00 bits per heavy atom. The normalized spacial score (nSPS) is 28.0. The van der Waals surface area contributed by atoms with Gasteiger partial charge in [0.1, 0.15) is 6.33 Å². The van der Waals surface area contributed by atoms with E-state index < -0.39 is 0 Å². The maximum atomic E-state index is 11.9. The van der Waals surface area contributed by atoms with E-state index in [-0.39, 0.29) is 6.61 Å². The first-order chi connectivity index (χ1) is 14.2. The van der Waals surface area contributed by atoms with Gasteiger partial charge in [0.05, 0.1) is 6.33 Å². The molecule has 1 N–H and O–H groups in total. The lowest BCUT2D eigenvalue weighted by atomic mass is 9.86. The van der Waals surface area contributed by atoms with Crippen LogP contribution in [-0.2, 0) is 4.79 Å². The molecule has 1 amide bonds. The maximum absolute atomic E-state index is 11.9. The summed E-state index contributed by atoms with van der Waals surface area (Å²) < 4.78 is 2.19. The molecule has 0 radical (unpaired) electrons. The van der Waals surface area contributed by atoms with Gasteiger partial charge in [0.25, 0.3) is 0 Å². The topological polar surface area (TPSA) is 87.4 Å². The third-order valence-electron chi connectivity index (χ3n) is 6.98. The highest BCUT2D eigenvalue weighted by Gasteiger charge is 2.31. The lowest BCUT2D eigenvalue weighted by molar-refractivity contribution is -0.128. The van der Waals surface area contributed by atoms with Crippen molar-refractivity contribution in [3.63, 3.8) is 0 Å². The summed E-state index contributed by atoms with van der Waals surface area (Å²) in [4.78, 5) is 30.1. The van der Waals surface area contributed by atoms with Gasteiger partial charge in [0, 0.05) is 45.2 Å². The Morgan fingerprint density at radius 1 is 1.07 bits per heavy atom. The molecule has 3 aliphatic rings. The molecule has 29 heavy (non-hydrogen) atoms. The average Bonchev–Trinajstić information content (AvgIpc) is 3.48. The van der Waals surface area contributed by atoms with Crippen LogP contribution in [0.25, 0.3) is 11.2 Å². The van der Waals surface area contributed by atoms with E-state index in [0.29, 0.717) is 30.2 Å². The number of fused-ring (bicyclic) bond motifs is 1. The van der Waals surface area contributed by atoms with Gasteiger partial charge in [0.15, 0.2) is 17.0 Å². The van der Waals surface area contributed by atoms with Crippen molar-refractivity contribution in [2.45, 2.75) is 51.0 Å². The maximum Gasteiger partial charge on any atom is 0.222 e. The minimum Gasteiger partial charge on any atom is -0.396 e. The summed E-state index contributed by atoms with van der Waals surface area (Å²) in [6.45, 7) is 3.90. The van der Waals surface area contributed by atoms with Crippen molar-refractivity contribution in [1.29, 1.82) is 0 Å². The van der Waals surface area contributed by atoms with Crippen molar-refractivity contribution in [3.05, 3.63) is 12.7 Å². The predicted octanol–water partition coefficient (Wildman–Crippen LogP) is 2.00. The van der Waals surface area contributed by atoms with Gasteiger partial charge in [0.2, 0.25) is 5.91 Å². The summed E-state index contributed by atoms with van der Waals surface area (Å²) in [5.74, 6) is 2.09. The molecule has 1 aliphatic carbocycles. The second-order valence-corrected chi connectivity index (χ2v) is 8.93. The van der Waals surface area contributed by atoms with Gasteiger partial charge in [-0.3, -0.25) is 4.79 Å². The lowest BCUT2D eigenvalue weighted by Crippen LogP contribution is -2.32. The van der Waals surface area contributed by atoms with E-state index in [0.717, 1.165) is 81.7 Å². The van der Waals surface area contributed by atoms with Crippen LogP contribution in [0.4, 0.5) is 5.82 Å². The van der Waals surface area contributed by atoms with Gasteiger partial charge in [-0.2, -0.15) is 0 Å². The Hall–Kier alpha value is -2.22. The third kappa shape index (κ3) is 3.58. The first-order valence-electron chi connectivity index (χ1n) is 11.0. The zero-order valence-corrected chi connectivity index (χ0v) is 16.9. The predicted molar refractivity (Wildman–Crippen MR) is 110 cm³/mol. The first kappa shape index (κ1) is 18.8. The summed E-state index contributed by atoms with van der Waals surface area (Å²) in [5.41, 5.74) is 1.77. The molecule has 2 aromatic rings. The molecule has 0 aromatic carbocycles. The number of anilines is 1. The SMILES string of the molecule is O=C1CCCN1CC1CCN(c2ncnc3c2ncn3[C@H]2CCC[C@@H](CO)C2)C1. The molecule has 3 atom stereocenters. The van der Waals surface area contributed by atoms with Crippen LogP contribution in [0.2, 0.25) is 0 Å². The number of aliphatic hydroxyl groups excluding tert-OH is 1. The molecule has 2 aromatic heterocycles. The van der Waals surface area contributed by atoms with E-state index in [1.807, 2.05) is 11.2 Å². The monoisotopic (exact) mass is 398 g/mol. The number of aromatic nitrogens is 4. The number of hydrogen-bond donors (Lipinski definition) is 1. The fourth-order valence-electron chi connectivity index (χ4n) is 5.40. The van der Waals surface area contributed by atoms with Gasteiger partial charge in [-0.25, -0.2) is 15.0 Å². The molecule has 1 unspecified atom stereocenters. The Balaban J connectivity index is 1.33. The number of nitrogens with zero attached hydrogens (tertiary/aromatic N) is 6. The third-order valence-corrected chi connectivity index (χ3v) is 6.98. The molecular formula is C21H30N6O2. The molecule has 2 aliphatic heterocycles. The number of imidazole rings is 1. The largest absolute Gasteiger partial charge is 0.396 e. The van der Waals surface area contributed by atoms with E-state index in [9.17, 15) is 9.90 Å². The molecule has 5 rings (SSSR count). The van der Waals surface area contributed by atoms with Crippen LogP contribution in [0, 0.1) is 11.8 Å². The van der Waals surface area contributed by atoms with Crippen LogP contribution in [0.3, 0.4) is 0 Å². The summed E-state index contributed by atoms with van der Waals surface area (Å²) >= 11 is 0. The first-order valence-corrected chi connectivity index (χ1v) is 11.0. The Morgan fingerprint density at radius 3 is 2.83 bits per heavy atom. The van der Waals surface area contributed by atoms with E-state index in [4.69, 9.17) is 4.98 Å². The summed E-state index contributed by atoms with van der Waals surface area (Å²) in [5, 5.41) is 9.57. The van der Waals surface area contributed by atoms with Crippen LogP contribution in [0.15, 0.2) is 12.7 Å². The van der Waals surface area contributed by atoms with Crippen LogP contribution in [0.1, 0.15) is 51.0 Å². The number of carbonyl (C=O) groups excluding carboxylic acids is 1. The van der Waals surface area contributed by atoms with Crippen molar-refractivity contribution in [1.82, 2.24) is 24.4 Å². The molecule has 156 valence electrons. The Labute approximate surface area is 170 Å². The van der Waals surface area contributed by atoms with E-state index in [2.05, 4.69) is 19.4 Å². The second-order valence-electron chi connectivity index (χ2n) is 8.93. The van der Waals surface area contributed by atoms with Crippen molar-refractivity contribution in [2.75, 3.05) is 37.7 Å². The quantitative estimate of drug-likeness (QED) is 0.829. The van der Waals surface area contributed by atoms with Crippen molar-refractivity contribution in [2.24, 2.45) is 11.8 Å². The fourth-order valence-corrected chi connectivity index (χ4v) is 5.40. The second kappa shape index (κ2) is 7.89. The fraction of sp³-hybridized carbons (Fsp3) is 0.714. The number of hydrogen-bond acceptors (Lipinski definition) is 6. The smallest absolute Gasteiger partial charge is 0.222 e. The van der Waals surface area contributed by atoms with Gasteiger partial charge < -0.3 is 19.5 Å². The zero-order chi connectivity index (χ0) is 19.8. The van der Waals surface area contributed by atoms with Crippen LogP contribution < -0.4 is 4.90 Å². The molecular weight excluding hydrogens is 368 g/mol. The van der Waals surface area contributed by atoms with Crippen LogP contribution in [0.5, 0.6) is 0 Å². The van der Waals surface area contributed by atoms with Crippen molar-refractivity contribution >= 4 is 22.9 Å². The van der Waals surface area contributed by atoms with Gasteiger partial charge in [-0.1, -0.05) is 6.42 Å². The summed E-state index contributed by atoms with van der Waals surface area (Å²) in [6.07, 6.45) is 10.7. The molecule has 2 saturated heterocycles. The lowest BCUT2D eigenvalue weighted by Gasteiger charge is -2.29. The molecule has 3 fully saturated rings. The van der Waals surface area contributed by atoms with Gasteiger partial charge in [-0.15, -0.1) is 0 Å². The highest BCUT2D eigenvalue weighted by Crippen LogP contribution is 2.35. The molecule has 0 bridgehead atoms. The van der Waals surface area contributed by atoms with E-state index >= 15 is 0 Å². The standard InChI is InChI=1S/C21H30N6O2/c28-12-15-3-1-4-17(9-15)27-14-24-19-20(22-13-23-21(19)27)26-8-6-16(11-26)10-25-7-2-5-18(25)29/h13-17,28H,1-12H2/t15-,16?,17+/m1/s1. The highest BCUT2D eigenvalue weighted by molar-refractivity contribution is 5.83. The van der Waals surface area contributed by atoms with Gasteiger partial charge in [-0.05, 0) is 43.9 Å². The molecule has 8 heteroatoms. The number of rotatable bonds is 5. The number of likely N-dealkylation sites (tertiary alicyclic amines) is 1. The van der Waals surface area contributed by atoms with E-state index in [1.54, 1.807) is 6.33 Å². The molecule has 0 spiro atoms. The average molecular weight is 399 g/mol. The highest BCUT2D eigenvalue weighted by atomic mass is 16.3. The number of carbonyl (C=O) groups is 1. The Kier molecular flexibility index (Phi) is 5.11. The Bertz CT molecular complexity index is 883. The summed E-state index contributed by atoms with van der Waals surface area (Å²) in [6, 6.07) is 0.348. The molecule has 4 heterocycles. The minimum absolute atomic E-state index is 0.262. The summed E-state index contributed by atoms with van der Waals surface area (Å²) in [7, 11) is 0. The molecule has 8 nitrogen and oxygen atoms in total. The van der Waals surface area contributed by atoms with Crippen LogP contribution in [-0.4, -0.2) is 68.2 Å². The van der Waals surface area contributed by atoms with Crippen LogP contribution >= 0.6 is 0 Å². The molecule has 1 saturated carbocycles.